The fourth-order valence-corrected chi connectivity index (χ4v) is 2.34. The molecule has 0 radical (unpaired) electrons. The summed E-state index contributed by atoms with van der Waals surface area (Å²) in [5, 5.41) is 0.160. The van der Waals surface area contributed by atoms with Crippen LogP contribution in [0.4, 0.5) is 13.2 Å². The molecule has 0 bridgehead atoms. The third kappa shape index (κ3) is 2.69. The van der Waals surface area contributed by atoms with Gasteiger partial charge in [0, 0.05) is 6.07 Å². The molecule has 0 amide bonds. The minimum atomic E-state index is -4.76. The number of alkyl halides is 3. The van der Waals surface area contributed by atoms with E-state index in [1.807, 2.05) is 0 Å². The Balaban J connectivity index is 2.16. The lowest BCUT2D eigenvalue weighted by Gasteiger charge is -2.12. The summed E-state index contributed by atoms with van der Waals surface area (Å²) in [6.07, 6.45) is -3.49. The van der Waals surface area contributed by atoms with Crippen LogP contribution in [0.3, 0.4) is 0 Å². The minimum Gasteiger partial charge on any atom is -0.406 e. The smallest absolute Gasteiger partial charge is 0.406 e. The summed E-state index contributed by atoms with van der Waals surface area (Å²) in [7, 11) is 0. The van der Waals surface area contributed by atoms with E-state index in [9.17, 15) is 13.2 Å². The number of rotatable bonds is 2. The van der Waals surface area contributed by atoms with Gasteiger partial charge in [-0.15, -0.1) is 13.2 Å². The van der Waals surface area contributed by atoms with Gasteiger partial charge in [0.25, 0.3) is 0 Å². The van der Waals surface area contributed by atoms with E-state index in [0.717, 1.165) is 0 Å². The molecule has 0 aliphatic carbocycles. The lowest BCUT2D eigenvalue weighted by atomic mass is 10.3. The van der Waals surface area contributed by atoms with Crippen molar-refractivity contribution >= 4 is 22.8 Å². The number of nitrogens with zero attached hydrogens (tertiary/aromatic N) is 4. The highest BCUT2D eigenvalue weighted by atomic mass is 35.5. The maximum atomic E-state index is 12.3. The summed E-state index contributed by atoms with van der Waals surface area (Å²) in [5.74, 6) is 0.181. The average molecular weight is 329 g/mol. The highest BCUT2D eigenvalue weighted by Gasteiger charge is 2.31. The third-order valence-electron chi connectivity index (χ3n) is 2.88. The van der Waals surface area contributed by atoms with Crippen molar-refractivity contribution in [2.24, 2.45) is 0 Å². The molecule has 2 aromatic heterocycles. The summed E-state index contributed by atoms with van der Waals surface area (Å²) < 4.78 is 42.5. The summed E-state index contributed by atoms with van der Waals surface area (Å²) in [6, 6.07) is 5.51. The Kier molecular flexibility index (Phi) is 3.40. The van der Waals surface area contributed by atoms with Crippen molar-refractivity contribution in [1.82, 2.24) is 19.5 Å². The van der Waals surface area contributed by atoms with Crippen molar-refractivity contribution in [3.05, 3.63) is 41.6 Å². The highest BCUT2D eigenvalue weighted by molar-refractivity contribution is 6.33. The maximum Gasteiger partial charge on any atom is 0.573 e. The van der Waals surface area contributed by atoms with Gasteiger partial charge >= 0.3 is 6.36 Å². The molecule has 114 valence electrons. The zero-order valence-corrected chi connectivity index (χ0v) is 11.9. The fourth-order valence-electron chi connectivity index (χ4n) is 2.12. The van der Waals surface area contributed by atoms with Crippen molar-refractivity contribution in [1.29, 1.82) is 0 Å². The van der Waals surface area contributed by atoms with E-state index in [0.29, 0.717) is 22.7 Å². The molecule has 3 rings (SSSR count). The van der Waals surface area contributed by atoms with Crippen molar-refractivity contribution in [3.63, 3.8) is 0 Å². The number of benzene rings is 1. The zero-order chi connectivity index (χ0) is 15.9. The van der Waals surface area contributed by atoms with Crippen LogP contribution in [0.2, 0.25) is 5.15 Å². The molecular formula is C13H8ClF3N4O. The molecule has 0 saturated heterocycles. The molecule has 0 N–H and O–H groups in total. The van der Waals surface area contributed by atoms with Crippen LogP contribution < -0.4 is 4.74 Å². The first kappa shape index (κ1) is 14.6. The van der Waals surface area contributed by atoms with Crippen LogP contribution >= 0.6 is 11.6 Å². The Labute approximate surface area is 127 Å². The number of fused-ring (bicyclic) bond motifs is 1. The van der Waals surface area contributed by atoms with Crippen molar-refractivity contribution < 1.29 is 17.9 Å². The van der Waals surface area contributed by atoms with Crippen LogP contribution in [-0.4, -0.2) is 25.9 Å². The van der Waals surface area contributed by atoms with Gasteiger partial charge in [-0.05, 0) is 19.1 Å². The van der Waals surface area contributed by atoms with Gasteiger partial charge in [0.1, 0.15) is 23.4 Å². The topological polar surface area (TPSA) is 52.8 Å². The number of aryl methyl sites for hydroxylation is 1. The predicted octanol–water partition coefficient (Wildman–Crippen LogP) is 3.68. The summed E-state index contributed by atoms with van der Waals surface area (Å²) in [5.41, 5.74) is 1.20. The molecule has 5 nitrogen and oxygen atoms in total. The molecule has 0 aliphatic heterocycles. The van der Waals surface area contributed by atoms with Gasteiger partial charge in [0.15, 0.2) is 10.8 Å². The van der Waals surface area contributed by atoms with Crippen molar-refractivity contribution in [2.45, 2.75) is 13.3 Å². The Morgan fingerprint density at radius 3 is 2.73 bits per heavy atom. The minimum absolute atomic E-state index is 0.160. The van der Waals surface area contributed by atoms with E-state index in [-0.39, 0.29) is 10.9 Å². The van der Waals surface area contributed by atoms with Crippen LogP contribution in [0.1, 0.15) is 5.82 Å². The van der Waals surface area contributed by atoms with E-state index in [2.05, 4.69) is 19.7 Å². The first-order chi connectivity index (χ1) is 10.3. The van der Waals surface area contributed by atoms with Crippen molar-refractivity contribution in [3.8, 4) is 11.4 Å². The van der Waals surface area contributed by atoms with Crippen LogP contribution in [0.25, 0.3) is 16.9 Å². The van der Waals surface area contributed by atoms with E-state index in [1.54, 1.807) is 17.6 Å². The van der Waals surface area contributed by atoms with E-state index < -0.39 is 6.36 Å². The Bertz CT molecular complexity index is 847. The Hall–Kier alpha value is -2.35. The lowest BCUT2D eigenvalue weighted by molar-refractivity contribution is -0.274. The summed E-state index contributed by atoms with van der Waals surface area (Å²) in [6.45, 7) is 1.69. The Morgan fingerprint density at radius 2 is 2.00 bits per heavy atom. The van der Waals surface area contributed by atoms with Crippen molar-refractivity contribution in [2.75, 3.05) is 0 Å². The predicted molar refractivity (Wildman–Crippen MR) is 73.1 cm³/mol. The van der Waals surface area contributed by atoms with Crippen LogP contribution in [0.15, 0.2) is 30.6 Å². The van der Waals surface area contributed by atoms with E-state index in [1.165, 1.54) is 24.5 Å². The van der Waals surface area contributed by atoms with E-state index in [4.69, 9.17) is 11.6 Å². The molecule has 0 atom stereocenters. The fraction of sp³-hybridized carbons (Fsp3) is 0.154. The Morgan fingerprint density at radius 1 is 1.23 bits per heavy atom. The van der Waals surface area contributed by atoms with Crippen LogP contribution in [0, 0.1) is 6.92 Å². The highest BCUT2D eigenvalue weighted by Crippen LogP contribution is 2.28. The van der Waals surface area contributed by atoms with Crippen LogP contribution in [0.5, 0.6) is 5.75 Å². The number of imidazole rings is 1. The first-order valence-electron chi connectivity index (χ1n) is 6.07. The van der Waals surface area contributed by atoms with Gasteiger partial charge in [0.2, 0.25) is 0 Å². The monoisotopic (exact) mass is 328 g/mol. The quantitative estimate of drug-likeness (QED) is 0.673. The standard InChI is InChI=1S/C13H8ClF3N4O/c1-7-20-12-10(11(14)18-6-19-12)21(7)8-3-2-4-9(5-8)22-13(15,16)17/h2-6H,1H3. The molecule has 0 saturated carbocycles. The molecule has 3 aromatic rings. The molecule has 2 heterocycles. The number of hydrogen-bond acceptors (Lipinski definition) is 4. The molecule has 1 aromatic carbocycles. The number of hydrogen-bond donors (Lipinski definition) is 0. The second-order valence-corrected chi connectivity index (χ2v) is 4.73. The number of halogens is 4. The number of ether oxygens (including phenoxy) is 1. The van der Waals surface area contributed by atoms with Gasteiger partial charge in [-0.25, -0.2) is 15.0 Å². The molecule has 9 heteroatoms. The van der Waals surface area contributed by atoms with Gasteiger partial charge in [0.05, 0.1) is 5.69 Å². The van der Waals surface area contributed by atoms with Gasteiger partial charge < -0.3 is 4.74 Å². The van der Waals surface area contributed by atoms with E-state index >= 15 is 0 Å². The molecular weight excluding hydrogens is 321 g/mol. The molecule has 0 spiro atoms. The van der Waals surface area contributed by atoms with Crippen LogP contribution in [-0.2, 0) is 0 Å². The molecule has 22 heavy (non-hydrogen) atoms. The summed E-state index contributed by atoms with van der Waals surface area (Å²) in [4.78, 5) is 12.1. The second kappa shape index (κ2) is 5.13. The molecule has 0 aliphatic rings. The normalized spacial score (nSPS) is 11.9. The maximum absolute atomic E-state index is 12.3. The lowest BCUT2D eigenvalue weighted by Crippen LogP contribution is -2.17. The molecule has 0 fully saturated rings. The second-order valence-electron chi connectivity index (χ2n) is 4.38. The summed E-state index contributed by atoms with van der Waals surface area (Å²) >= 11 is 6.05. The SMILES string of the molecule is Cc1nc2ncnc(Cl)c2n1-c1cccc(OC(F)(F)F)c1. The number of aromatic nitrogens is 4. The zero-order valence-electron chi connectivity index (χ0n) is 11.1. The van der Waals surface area contributed by atoms with Gasteiger partial charge in [-0.2, -0.15) is 0 Å². The first-order valence-corrected chi connectivity index (χ1v) is 6.45. The largest absolute Gasteiger partial charge is 0.573 e. The van der Waals surface area contributed by atoms with Gasteiger partial charge in [-0.1, -0.05) is 17.7 Å². The third-order valence-corrected chi connectivity index (χ3v) is 3.16. The molecule has 0 unspecified atom stereocenters. The average Bonchev–Trinajstić information content (AvgIpc) is 2.74. The van der Waals surface area contributed by atoms with Gasteiger partial charge in [-0.3, -0.25) is 4.57 Å².